The monoisotopic (exact) mass is 703 g/mol. The molecule has 1 aromatic heterocycles. The van der Waals surface area contributed by atoms with Crippen LogP contribution in [0.4, 0.5) is 17.1 Å². The minimum atomic E-state index is 1.11. The van der Waals surface area contributed by atoms with Crippen molar-refractivity contribution < 1.29 is 0 Å². The summed E-state index contributed by atoms with van der Waals surface area (Å²) in [5.74, 6) is 0. The summed E-state index contributed by atoms with van der Waals surface area (Å²) in [6.07, 6.45) is 0. The van der Waals surface area contributed by atoms with Gasteiger partial charge in [0.25, 0.3) is 0 Å². The number of rotatable bonds is 5. The standard InChI is InChI=1S/C52H33NS/c1-2-16-40-34(12-1)13-10-22-41(40)36-14-9-15-38(32-36)53(39-30-31-47-45-19-4-3-17-43(45)44-18-5-6-20-46(44)50(47)33-39)37-28-26-35(27-29-37)42-23-11-24-49-48-21-7-8-25-51(48)54-52(42)49/h1-33H. The van der Waals surface area contributed by atoms with Crippen molar-refractivity contribution in [1.82, 2.24) is 0 Å². The van der Waals surface area contributed by atoms with Crippen molar-refractivity contribution in [2.75, 3.05) is 4.90 Å². The Morgan fingerprint density at radius 1 is 0.296 bits per heavy atom. The number of nitrogens with zero attached hydrogens (tertiary/aromatic N) is 1. The molecule has 0 atom stereocenters. The first-order valence-corrected chi connectivity index (χ1v) is 19.3. The Morgan fingerprint density at radius 3 is 1.61 bits per heavy atom. The first-order chi connectivity index (χ1) is 26.8. The second-order valence-corrected chi connectivity index (χ2v) is 15.1. The number of fused-ring (bicyclic) bond motifs is 10. The molecule has 1 heterocycles. The van der Waals surface area contributed by atoms with E-state index in [-0.39, 0.29) is 0 Å². The van der Waals surface area contributed by atoms with E-state index in [0.29, 0.717) is 0 Å². The highest BCUT2D eigenvalue weighted by atomic mass is 32.1. The Hall–Kier alpha value is -6.74. The molecule has 0 saturated carbocycles. The van der Waals surface area contributed by atoms with Crippen LogP contribution < -0.4 is 4.90 Å². The highest BCUT2D eigenvalue weighted by Gasteiger charge is 2.18. The molecule has 2 heteroatoms. The Labute approximate surface area is 317 Å². The van der Waals surface area contributed by atoms with Crippen LogP contribution in [0.3, 0.4) is 0 Å². The normalized spacial score (nSPS) is 11.7. The third kappa shape index (κ3) is 4.92. The third-order valence-electron chi connectivity index (χ3n) is 11.0. The molecule has 0 aliphatic carbocycles. The van der Waals surface area contributed by atoms with Gasteiger partial charge in [-0.15, -0.1) is 11.3 Å². The van der Waals surface area contributed by atoms with Crippen LogP contribution >= 0.6 is 11.3 Å². The molecular formula is C52H33NS. The Bertz CT molecular complexity index is 3190. The molecule has 0 radical (unpaired) electrons. The van der Waals surface area contributed by atoms with E-state index in [4.69, 9.17) is 0 Å². The summed E-state index contributed by atoms with van der Waals surface area (Å²) >= 11 is 1.88. The Kier molecular flexibility index (Phi) is 7.11. The van der Waals surface area contributed by atoms with E-state index in [9.17, 15) is 0 Å². The largest absolute Gasteiger partial charge is 0.310 e. The van der Waals surface area contributed by atoms with Gasteiger partial charge in [-0.2, -0.15) is 0 Å². The van der Waals surface area contributed by atoms with Gasteiger partial charge in [0.1, 0.15) is 0 Å². The number of hydrogen-bond donors (Lipinski definition) is 0. The highest BCUT2D eigenvalue weighted by Crippen LogP contribution is 2.44. The first-order valence-electron chi connectivity index (χ1n) is 18.5. The Balaban J connectivity index is 1.11. The second kappa shape index (κ2) is 12.4. The van der Waals surface area contributed by atoms with Gasteiger partial charge >= 0.3 is 0 Å². The van der Waals surface area contributed by atoms with Crippen LogP contribution in [-0.2, 0) is 0 Å². The number of benzene rings is 10. The van der Waals surface area contributed by atoms with Gasteiger partial charge < -0.3 is 4.90 Å². The molecule has 0 amide bonds. The molecule has 0 aliphatic rings. The maximum absolute atomic E-state index is 2.42. The van der Waals surface area contributed by atoms with Crippen LogP contribution in [0.1, 0.15) is 0 Å². The fourth-order valence-electron chi connectivity index (χ4n) is 8.54. The van der Waals surface area contributed by atoms with Crippen molar-refractivity contribution in [1.29, 1.82) is 0 Å². The van der Waals surface area contributed by atoms with Gasteiger partial charge in [-0.1, -0.05) is 158 Å². The predicted molar refractivity (Wildman–Crippen MR) is 235 cm³/mol. The lowest BCUT2D eigenvalue weighted by Gasteiger charge is -2.27. The molecule has 1 nitrogen and oxygen atoms in total. The Morgan fingerprint density at radius 2 is 0.833 bits per heavy atom. The predicted octanol–water partition coefficient (Wildman–Crippen LogP) is 15.5. The summed E-state index contributed by atoms with van der Waals surface area (Å²) in [6.45, 7) is 0. The fourth-order valence-corrected chi connectivity index (χ4v) is 9.77. The number of thiophene rings is 1. The highest BCUT2D eigenvalue weighted by molar-refractivity contribution is 7.26. The number of anilines is 3. The summed E-state index contributed by atoms with van der Waals surface area (Å²) in [7, 11) is 0. The summed E-state index contributed by atoms with van der Waals surface area (Å²) < 4.78 is 2.66. The maximum Gasteiger partial charge on any atom is 0.0468 e. The molecule has 0 spiro atoms. The quantitative estimate of drug-likeness (QED) is 0.161. The average molecular weight is 704 g/mol. The van der Waals surface area contributed by atoms with E-state index in [1.54, 1.807) is 0 Å². The van der Waals surface area contributed by atoms with Crippen molar-refractivity contribution in [2.24, 2.45) is 0 Å². The van der Waals surface area contributed by atoms with Gasteiger partial charge in [0, 0.05) is 37.2 Å². The minimum Gasteiger partial charge on any atom is -0.310 e. The topological polar surface area (TPSA) is 3.24 Å². The molecule has 0 fully saturated rings. The van der Waals surface area contributed by atoms with E-state index < -0.39 is 0 Å². The van der Waals surface area contributed by atoms with Crippen molar-refractivity contribution in [3.63, 3.8) is 0 Å². The lowest BCUT2D eigenvalue weighted by Crippen LogP contribution is -2.10. The van der Waals surface area contributed by atoms with Gasteiger partial charge in [-0.05, 0) is 108 Å². The van der Waals surface area contributed by atoms with Crippen LogP contribution in [-0.4, -0.2) is 0 Å². The lowest BCUT2D eigenvalue weighted by atomic mass is 9.93. The molecule has 0 N–H and O–H groups in total. The van der Waals surface area contributed by atoms with Crippen LogP contribution in [0.2, 0.25) is 0 Å². The maximum atomic E-state index is 2.42. The summed E-state index contributed by atoms with van der Waals surface area (Å²) in [4.78, 5) is 2.42. The molecule has 11 rings (SSSR count). The molecule has 10 aromatic carbocycles. The molecule has 0 unspecified atom stereocenters. The van der Waals surface area contributed by atoms with Gasteiger partial charge in [0.15, 0.2) is 0 Å². The summed E-state index contributed by atoms with van der Waals surface area (Å²) in [5, 5.41) is 12.8. The average Bonchev–Trinajstić information content (AvgIpc) is 3.63. The van der Waals surface area contributed by atoms with Gasteiger partial charge in [-0.3, -0.25) is 0 Å². The molecule has 252 valence electrons. The summed E-state index contributed by atoms with van der Waals surface area (Å²) in [6, 6.07) is 73.5. The zero-order valence-corrected chi connectivity index (χ0v) is 30.2. The van der Waals surface area contributed by atoms with Crippen LogP contribution in [0.15, 0.2) is 200 Å². The van der Waals surface area contributed by atoms with Gasteiger partial charge in [0.05, 0.1) is 0 Å². The molecule has 0 saturated heterocycles. The molecular weight excluding hydrogens is 671 g/mol. The van der Waals surface area contributed by atoms with Crippen LogP contribution in [0.25, 0.3) is 85.5 Å². The zero-order valence-electron chi connectivity index (χ0n) is 29.4. The van der Waals surface area contributed by atoms with Crippen LogP contribution in [0.5, 0.6) is 0 Å². The molecule has 11 aromatic rings. The zero-order chi connectivity index (χ0) is 35.6. The van der Waals surface area contributed by atoms with E-state index in [2.05, 4.69) is 205 Å². The van der Waals surface area contributed by atoms with E-state index in [1.165, 1.54) is 85.5 Å². The molecule has 0 bridgehead atoms. The summed E-state index contributed by atoms with van der Waals surface area (Å²) in [5.41, 5.74) is 8.27. The smallest absolute Gasteiger partial charge is 0.0468 e. The third-order valence-corrected chi connectivity index (χ3v) is 12.3. The van der Waals surface area contributed by atoms with Crippen molar-refractivity contribution in [3.8, 4) is 22.3 Å². The van der Waals surface area contributed by atoms with Crippen molar-refractivity contribution in [2.45, 2.75) is 0 Å². The van der Waals surface area contributed by atoms with E-state index >= 15 is 0 Å². The molecule has 54 heavy (non-hydrogen) atoms. The van der Waals surface area contributed by atoms with Crippen molar-refractivity contribution in [3.05, 3.63) is 200 Å². The van der Waals surface area contributed by atoms with Crippen LogP contribution in [0, 0.1) is 0 Å². The van der Waals surface area contributed by atoms with E-state index in [0.717, 1.165) is 17.1 Å². The second-order valence-electron chi connectivity index (χ2n) is 14.1. The minimum absolute atomic E-state index is 1.11. The lowest BCUT2D eigenvalue weighted by molar-refractivity contribution is 1.29. The number of hydrogen-bond acceptors (Lipinski definition) is 2. The van der Waals surface area contributed by atoms with Gasteiger partial charge in [-0.25, -0.2) is 0 Å². The SMILES string of the molecule is c1cc(-c2cccc3ccccc23)cc(N(c2ccc(-c3cccc4c3sc3ccccc34)cc2)c2ccc3c4ccccc4c4ccccc4c3c2)c1. The van der Waals surface area contributed by atoms with Gasteiger partial charge in [0.2, 0.25) is 0 Å². The van der Waals surface area contributed by atoms with E-state index in [1.807, 2.05) is 11.3 Å². The fraction of sp³-hybridized carbons (Fsp3) is 0. The van der Waals surface area contributed by atoms with Crippen molar-refractivity contribution >= 4 is 91.7 Å². The molecule has 0 aliphatic heterocycles. The first kappa shape index (κ1) is 30.8.